The summed E-state index contributed by atoms with van der Waals surface area (Å²) in [6.45, 7) is 0.747. The van der Waals surface area contributed by atoms with Crippen molar-refractivity contribution in [3.8, 4) is 0 Å². The quantitative estimate of drug-likeness (QED) is 0.453. The number of rotatable bonds is 8. The van der Waals surface area contributed by atoms with Gasteiger partial charge in [-0.05, 0) is 60.2 Å². The summed E-state index contributed by atoms with van der Waals surface area (Å²) in [4.78, 5) is 30.6. The van der Waals surface area contributed by atoms with E-state index >= 15 is 0 Å². The second-order valence-corrected chi connectivity index (χ2v) is 9.22. The Morgan fingerprint density at radius 2 is 1.84 bits per heavy atom. The van der Waals surface area contributed by atoms with E-state index in [1.54, 1.807) is 57.5 Å². The molecule has 3 amide bonds. The number of anilines is 1. The van der Waals surface area contributed by atoms with Crippen LogP contribution in [0.25, 0.3) is 0 Å². The van der Waals surface area contributed by atoms with E-state index in [4.69, 9.17) is 11.6 Å². The van der Waals surface area contributed by atoms with Gasteiger partial charge in [-0.25, -0.2) is 9.18 Å². The Labute approximate surface area is 195 Å². The van der Waals surface area contributed by atoms with Crippen LogP contribution in [-0.4, -0.2) is 34.3 Å². The van der Waals surface area contributed by atoms with Crippen LogP contribution in [0, 0.1) is 5.82 Å². The van der Waals surface area contributed by atoms with E-state index in [9.17, 15) is 14.0 Å². The second-order valence-electron chi connectivity index (χ2n) is 7.76. The fourth-order valence-corrected chi connectivity index (χ4v) is 4.30. The largest absolute Gasteiger partial charge is 0.332 e. The van der Waals surface area contributed by atoms with Crippen LogP contribution in [-0.2, 0) is 17.9 Å². The molecule has 4 rings (SSSR count). The molecule has 0 saturated heterocycles. The Bertz CT molecular complexity index is 1070. The smallest absolute Gasteiger partial charge is 0.322 e. The third kappa shape index (κ3) is 6.08. The average Bonchev–Trinajstić information content (AvgIpc) is 3.48. The lowest BCUT2D eigenvalue weighted by Gasteiger charge is -2.28. The number of nitrogens with zero attached hydrogens (tertiary/aromatic N) is 2. The highest BCUT2D eigenvalue weighted by Crippen LogP contribution is 2.28. The Morgan fingerprint density at radius 1 is 1.06 bits per heavy atom. The van der Waals surface area contributed by atoms with E-state index in [0.29, 0.717) is 23.8 Å². The topological polar surface area (TPSA) is 52.7 Å². The molecule has 1 saturated carbocycles. The fourth-order valence-electron chi connectivity index (χ4n) is 3.39. The summed E-state index contributed by atoms with van der Waals surface area (Å²) in [6, 6.07) is 16.7. The van der Waals surface area contributed by atoms with Crippen molar-refractivity contribution in [2.24, 2.45) is 0 Å². The fraction of sp³-hybridized carbons (Fsp3) is 0.250. The number of carbonyl (C=O) groups is 2. The molecule has 32 heavy (non-hydrogen) atoms. The molecule has 1 heterocycles. The Balaban J connectivity index is 1.48. The Morgan fingerprint density at radius 3 is 2.50 bits per heavy atom. The number of thiophene rings is 1. The molecule has 1 N–H and O–H groups in total. The maximum Gasteiger partial charge on any atom is 0.322 e. The number of nitrogens with one attached hydrogen (secondary N) is 1. The van der Waals surface area contributed by atoms with Crippen LogP contribution in [0.1, 0.15) is 23.3 Å². The van der Waals surface area contributed by atoms with Crippen molar-refractivity contribution in [2.75, 3.05) is 11.9 Å². The van der Waals surface area contributed by atoms with Crippen LogP contribution in [0.3, 0.4) is 0 Å². The van der Waals surface area contributed by atoms with E-state index in [1.165, 1.54) is 12.1 Å². The first kappa shape index (κ1) is 22.3. The highest BCUT2D eigenvalue weighted by Gasteiger charge is 2.35. The van der Waals surface area contributed by atoms with Crippen LogP contribution < -0.4 is 5.32 Å². The van der Waals surface area contributed by atoms with Crippen LogP contribution >= 0.6 is 22.9 Å². The van der Waals surface area contributed by atoms with Crippen LogP contribution in [0.15, 0.2) is 66.0 Å². The lowest BCUT2D eigenvalue weighted by Crippen LogP contribution is -2.45. The van der Waals surface area contributed by atoms with Crippen LogP contribution in [0.4, 0.5) is 14.9 Å². The zero-order valence-electron chi connectivity index (χ0n) is 17.3. The number of halogens is 2. The molecule has 0 aliphatic heterocycles. The molecule has 0 radical (unpaired) electrons. The summed E-state index contributed by atoms with van der Waals surface area (Å²) in [5.74, 6) is -0.474. The summed E-state index contributed by atoms with van der Waals surface area (Å²) >= 11 is 7.58. The SMILES string of the molecule is O=C(CN(C(=O)Nc1cccc(Cl)c1)C1CC1)N(Cc1ccc(F)cc1)Cc1cccs1. The highest BCUT2D eigenvalue weighted by molar-refractivity contribution is 7.09. The molecule has 0 atom stereocenters. The zero-order valence-corrected chi connectivity index (χ0v) is 18.9. The van der Waals surface area contributed by atoms with Gasteiger partial charge in [0.05, 0.1) is 6.54 Å². The third-order valence-corrected chi connectivity index (χ3v) is 6.29. The predicted octanol–water partition coefficient (Wildman–Crippen LogP) is 5.77. The number of benzene rings is 2. The molecule has 0 spiro atoms. The molecular formula is C24H23ClFN3O2S. The monoisotopic (exact) mass is 471 g/mol. The van der Waals surface area contributed by atoms with E-state index < -0.39 is 0 Å². The lowest BCUT2D eigenvalue weighted by atomic mass is 10.2. The highest BCUT2D eigenvalue weighted by atomic mass is 35.5. The minimum Gasteiger partial charge on any atom is -0.332 e. The molecule has 0 bridgehead atoms. The molecule has 1 aliphatic carbocycles. The third-order valence-electron chi connectivity index (χ3n) is 5.20. The molecule has 8 heteroatoms. The predicted molar refractivity (Wildman–Crippen MR) is 125 cm³/mol. The number of hydrogen-bond acceptors (Lipinski definition) is 3. The van der Waals surface area contributed by atoms with E-state index in [1.807, 2.05) is 17.5 Å². The van der Waals surface area contributed by atoms with Gasteiger partial charge in [-0.15, -0.1) is 11.3 Å². The molecule has 1 aliphatic rings. The average molecular weight is 472 g/mol. The van der Waals surface area contributed by atoms with Gasteiger partial charge >= 0.3 is 6.03 Å². The minimum absolute atomic E-state index is 0.0242. The van der Waals surface area contributed by atoms with Crippen molar-refractivity contribution in [2.45, 2.75) is 32.0 Å². The van der Waals surface area contributed by atoms with Crippen molar-refractivity contribution < 1.29 is 14.0 Å². The second kappa shape index (κ2) is 10.1. The standard InChI is InChI=1S/C24H23ClFN3O2S/c25-18-3-1-4-20(13-18)27-24(31)29(21-10-11-21)16-23(30)28(15-22-5-2-12-32-22)14-17-6-8-19(26)9-7-17/h1-9,12-13,21H,10-11,14-16H2,(H,27,31). The Kier molecular flexibility index (Phi) is 7.07. The summed E-state index contributed by atoms with van der Waals surface area (Å²) in [7, 11) is 0. The van der Waals surface area contributed by atoms with Gasteiger partial charge in [0, 0.05) is 28.2 Å². The maximum atomic E-state index is 13.3. The van der Waals surface area contributed by atoms with Gasteiger partial charge < -0.3 is 15.1 Å². The normalized spacial score (nSPS) is 12.9. The number of urea groups is 1. The van der Waals surface area contributed by atoms with Crippen molar-refractivity contribution in [3.63, 3.8) is 0 Å². The number of hydrogen-bond donors (Lipinski definition) is 1. The summed E-state index contributed by atoms with van der Waals surface area (Å²) in [5.41, 5.74) is 1.42. The van der Waals surface area contributed by atoms with Crippen molar-refractivity contribution in [1.29, 1.82) is 0 Å². The Hall–Kier alpha value is -2.90. The van der Waals surface area contributed by atoms with Gasteiger partial charge in [0.2, 0.25) is 5.91 Å². The first-order chi connectivity index (χ1) is 15.5. The van der Waals surface area contributed by atoms with Gasteiger partial charge in [0.1, 0.15) is 12.4 Å². The lowest BCUT2D eigenvalue weighted by molar-refractivity contribution is -0.133. The van der Waals surface area contributed by atoms with Gasteiger partial charge in [-0.1, -0.05) is 35.9 Å². The van der Waals surface area contributed by atoms with Gasteiger partial charge in [0.15, 0.2) is 0 Å². The van der Waals surface area contributed by atoms with Crippen molar-refractivity contribution in [1.82, 2.24) is 9.80 Å². The molecule has 0 unspecified atom stereocenters. The van der Waals surface area contributed by atoms with Gasteiger partial charge in [-0.3, -0.25) is 4.79 Å². The number of carbonyl (C=O) groups excluding carboxylic acids is 2. The summed E-state index contributed by atoms with van der Waals surface area (Å²) in [5, 5.41) is 5.33. The van der Waals surface area contributed by atoms with Crippen molar-refractivity contribution in [3.05, 3.63) is 87.3 Å². The van der Waals surface area contributed by atoms with Gasteiger partial charge in [-0.2, -0.15) is 0 Å². The van der Waals surface area contributed by atoms with E-state index in [-0.39, 0.29) is 30.3 Å². The van der Waals surface area contributed by atoms with E-state index in [2.05, 4.69) is 5.32 Å². The molecule has 5 nitrogen and oxygen atoms in total. The number of amides is 3. The molecule has 1 aromatic heterocycles. The van der Waals surface area contributed by atoms with Crippen molar-refractivity contribution >= 4 is 40.6 Å². The first-order valence-corrected chi connectivity index (χ1v) is 11.6. The zero-order chi connectivity index (χ0) is 22.5. The molecule has 166 valence electrons. The molecule has 1 fully saturated rings. The van der Waals surface area contributed by atoms with E-state index in [0.717, 1.165) is 23.3 Å². The van der Waals surface area contributed by atoms with Crippen LogP contribution in [0.5, 0.6) is 0 Å². The van der Waals surface area contributed by atoms with Crippen LogP contribution in [0.2, 0.25) is 5.02 Å². The first-order valence-electron chi connectivity index (χ1n) is 10.4. The summed E-state index contributed by atoms with van der Waals surface area (Å²) in [6.07, 6.45) is 1.75. The summed E-state index contributed by atoms with van der Waals surface area (Å²) < 4.78 is 13.3. The maximum absolute atomic E-state index is 13.3. The molecule has 2 aromatic carbocycles. The van der Waals surface area contributed by atoms with Gasteiger partial charge in [0.25, 0.3) is 0 Å². The molecule has 3 aromatic rings. The molecular weight excluding hydrogens is 449 g/mol. The minimum atomic E-state index is -0.319.